The fourth-order valence-corrected chi connectivity index (χ4v) is 5.88. The van der Waals surface area contributed by atoms with Crippen molar-refractivity contribution in [3.05, 3.63) is 158 Å². The van der Waals surface area contributed by atoms with E-state index in [4.69, 9.17) is 0 Å². The number of hydrogen-bond acceptors (Lipinski definition) is 4. The van der Waals surface area contributed by atoms with Gasteiger partial charge < -0.3 is 19.4 Å². The number of benzene rings is 4. The van der Waals surface area contributed by atoms with Crippen molar-refractivity contribution < 1.29 is 9.59 Å². The maximum atomic E-state index is 12.5. The third-order valence-electron chi connectivity index (χ3n) is 8.01. The second-order valence-corrected chi connectivity index (χ2v) is 10.6. The van der Waals surface area contributed by atoms with E-state index in [0.717, 1.165) is 46.4 Å². The molecule has 0 bridgehead atoms. The average Bonchev–Trinajstić information content (AvgIpc) is 3.07. The normalized spacial score (nSPS) is 20.7. The molecular formula is C38H32N2O2. The molecule has 2 atom stereocenters. The van der Waals surface area contributed by atoms with Crippen molar-refractivity contribution in [1.29, 1.82) is 0 Å². The van der Waals surface area contributed by atoms with E-state index in [0.29, 0.717) is 12.8 Å². The third kappa shape index (κ3) is 5.04. The first-order chi connectivity index (χ1) is 20.7. The highest BCUT2D eigenvalue weighted by atomic mass is 16.1. The molecular weight excluding hydrogens is 516 g/mol. The summed E-state index contributed by atoms with van der Waals surface area (Å²) in [6.07, 6.45) is 19.1. The van der Waals surface area contributed by atoms with Gasteiger partial charge in [0.1, 0.15) is 23.7 Å². The minimum Gasteiger partial charge on any atom is -0.325 e. The monoisotopic (exact) mass is 548 g/mol. The first-order valence-corrected chi connectivity index (χ1v) is 14.2. The Labute approximate surface area is 247 Å². The van der Waals surface area contributed by atoms with Crippen LogP contribution in [0.15, 0.2) is 158 Å². The number of aldehydes is 2. The van der Waals surface area contributed by atoms with Crippen molar-refractivity contribution in [2.24, 2.45) is 0 Å². The Morgan fingerprint density at radius 1 is 0.452 bits per heavy atom. The molecule has 0 aromatic heterocycles. The lowest BCUT2D eigenvalue weighted by molar-refractivity contribution is -0.111. The van der Waals surface area contributed by atoms with Gasteiger partial charge in [-0.15, -0.1) is 0 Å². The Morgan fingerprint density at radius 2 is 0.810 bits per heavy atom. The highest BCUT2D eigenvalue weighted by Gasteiger charge is 2.36. The first-order valence-electron chi connectivity index (χ1n) is 14.2. The Bertz CT molecular complexity index is 1530. The molecule has 0 amide bonds. The highest BCUT2D eigenvalue weighted by Crippen LogP contribution is 2.40. The zero-order valence-electron chi connectivity index (χ0n) is 23.3. The molecule has 0 spiro atoms. The van der Waals surface area contributed by atoms with Crippen LogP contribution in [0.25, 0.3) is 11.1 Å². The third-order valence-corrected chi connectivity index (χ3v) is 8.01. The van der Waals surface area contributed by atoms with Gasteiger partial charge in [0.2, 0.25) is 0 Å². The fourth-order valence-electron chi connectivity index (χ4n) is 5.88. The lowest BCUT2D eigenvalue weighted by atomic mass is 9.89. The number of hydrogen-bond donors (Lipinski definition) is 0. The van der Waals surface area contributed by atoms with Crippen LogP contribution in [0.3, 0.4) is 0 Å². The quantitative estimate of drug-likeness (QED) is 0.197. The van der Waals surface area contributed by atoms with Gasteiger partial charge in [-0.1, -0.05) is 109 Å². The van der Waals surface area contributed by atoms with Crippen LogP contribution >= 0.6 is 0 Å². The molecule has 42 heavy (non-hydrogen) atoms. The van der Waals surface area contributed by atoms with Gasteiger partial charge in [-0.25, -0.2) is 0 Å². The maximum Gasteiger partial charge on any atom is 0.150 e. The second-order valence-electron chi connectivity index (χ2n) is 10.6. The molecule has 206 valence electrons. The molecule has 0 radical (unpaired) electrons. The Hall–Kier alpha value is -5.22. The van der Waals surface area contributed by atoms with E-state index >= 15 is 0 Å². The highest BCUT2D eigenvalue weighted by molar-refractivity contribution is 5.85. The Kier molecular flexibility index (Phi) is 7.52. The number of anilines is 4. The number of carbonyl (C=O) groups is 2. The van der Waals surface area contributed by atoms with Crippen LogP contribution in [-0.2, 0) is 9.59 Å². The summed E-state index contributed by atoms with van der Waals surface area (Å²) in [4.78, 5) is 29.3. The maximum absolute atomic E-state index is 12.5. The molecule has 0 aliphatic heterocycles. The van der Waals surface area contributed by atoms with E-state index in [9.17, 15) is 9.59 Å². The van der Waals surface area contributed by atoms with Gasteiger partial charge in [0, 0.05) is 22.7 Å². The number of rotatable bonds is 9. The summed E-state index contributed by atoms with van der Waals surface area (Å²) in [5.41, 5.74) is 4.33. The first kappa shape index (κ1) is 27.0. The summed E-state index contributed by atoms with van der Waals surface area (Å²) in [6.45, 7) is 0. The van der Waals surface area contributed by atoms with Crippen molar-refractivity contribution in [2.45, 2.75) is 23.9 Å². The molecule has 4 nitrogen and oxygen atoms in total. The summed E-state index contributed by atoms with van der Waals surface area (Å²) in [7, 11) is 0. The lowest BCUT2D eigenvalue weighted by Gasteiger charge is -2.40. The average molecular weight is 549 g/mol. The molecule has 6 rings (SSSR count). The SMILES string of the molecule is O=CC1(N(c2ccccc2)c2ccc(-c3ccc(N(c4ccccc4)C4(C=O)C=CC=CC4)cc3)cc2)C=CC=CC1. The number of nitrogens with zero attached hydrogens (tertiary/aromatic N) is 2. The number of allylic oxidation sites excluding steroid dienone is 4. The summed E-state index contributed by atoms with van der Waals surface area (Å²) < 4.78 is 0. The predicted octanol–water partition coefficient (Wildman–Crippen LogP) is 8.54. The van der Waals surface area contributed by atoms with Crippen molar-refractivity contribution >= 4 is 35.3 Å². The molecule has 2 unspecified atom stereocenters. The largest absolute Gasteiger partial charge is 0.325 e. The van der Waals surface area contributed by atoms with E-state index in [-0.39, 0.29) is 0 Å². The zero-order valence-corrected chi connectivity index (χ0v) is 23.3. The van der Waals surface area contributed by atoms with Gasteiger partial charge in [0.15, 0.2) is 0 Å². The minimum absolute atomic E-state index is 0.594. The van der Waals surface area contributed by atoms with Crippen molar-refractivity contribution in [2.75, 3.05) is 9.80 Å². The summed E-state index contributed by atoms with van der Waals surface area (Å²) in [5, 5.41) is 0. The van der Waals surface area contributed by atoms with Gasteiger partial charge in [-0.2, -0.15) is 0 Å². The lowest BCUT2D eigenvalue weighted by Crippen LogP contribution is -2.46. The molecule has 0 saturated carbocycles. The van der Waals surface area contributed by atoms with Crippen LogP contribution in [-0.4, -0.2) is 23.7 Å². The summed E-state index contributed by atoms with van der Waals surface area (Å²) in [6, 6.07) is 36.7. The van der Waals surface area contributed by atoms with E-state index in [2.05, 4.69) is 58.3 Å². The summed E-state index contributed by atoms with van der Waals surface area (Å²) in [5.74, 6) is 0. The van der Waals surface area contributed by atoms with Crippen LogP contribution in [0.4, 0.5) is 22.7 Å². The molecule has 0 heterocycles. The molecule has 4 aromatic rings. The van der Waals surface area contributed by atoms with Gasteiger partial charge in [0.25, 0.3) is 0 Å². The van der Waals surface area contributed by atoms with Gasteiger partial charge in [-0.3, -0.25) is 0 Å². The zero-order chi connectivity index (χ0) is 28.8. The van der Waals surface area contributed by atoms with Crippen LogP contribution in [0.5, 0.6) is 0 Å². The van der Waals surface area contributed by atoms with Crippen molar-refractivity contribution in [3.8, 4) is 11.1 Å². The van der Waals surface area contributed by atoms with Crippen LogP contribution in [0.1, 0.15) is 12.8 Å². The van der Waals surface area contributed by atoms with Gasteiger partial charge in [-0.05, 0) is 72.5 Å². The van der Waals surface area contributed by atoms with Crippen molar-refractivity contribution in [1.82, 2.24) is 0 Å². The smallest absolute Gasteiger partial charge is 0.150 e. The van der Waals surface area contributed by atoms with Crippen LogP contribution < -0.4 is 9.80 Å². The fraction of sp³-hybridized carbons (Fsp3) is 0.105. The molecule has 4 heteroatoms. The van der Waals surface area contributed by atoms with E-state index in [1.165, 1.54) is 0 Å². The van der Waals surface area contributed by atoms with E-state index in [1.807, 2.05) is 109 Å². The molecule has 0 saturated heterocycles. The van der Waals surface area contributed by atoms with Gasteiger partial charge in [0.05, 0.1) is 0 Å². The Morgan fingerprint density at radius 3 is 1.12 bits per heavy atom. The molecule has 0 N–H and O–H groups in total. The Balaban J connectivity index is 1.33. The topological polar surface area (TPSA) is 40.6 Å². The van der Waals surface area contributed by atoms with E-state index in [1.54, 1.807) is 0 Å². The van der Waals surface area contributed by atoms with E-state index < -0.39 is 11.1 Å². The number of para-hydroxylation sites is 2. The van der Waals surface area contributed by atoms with Crippen LogP contribution in [0, 0.1) is 0 Å². The minimum atomic E-state index is -0.794. The molecule has 2 aliphatic rings. The summed E-state index contributed by atoms with van der Waals surface area (Å²) >= 11 is 0. The standard InChI is InChI=1S/C38H32N2O2/c41-29-37(25-9-3-10-26-37)39(33-13-5-1-6-14-33)35-21-17-31(18-22-35)32-19-23-36(24-20-32)40(34-15-7-2-8-16-34)38(30-42)27-11-4-12-28-38/h1-25,27,29-30H,26,28H2. The molecule has 2 aliphatic carbocycles. The number of carbonyl (C=O) groups excluding carboxylic acids is 2. The van der Waals surface area contributed by atoms with Crippen LogP contribution in [0.2, 0.25) is 0 Å². The molecule has 4 aromatic carbocycles. The van der Waals surface area contributed by atoms with Crippen molar-refractivity contribution in [3.63, 3.8) is 0 Å². The van der Waals surface area contributed by atoms with Gasteiger partial charge >= 0.3 is 0 Å². The predicted molar refractivity (Wildman–Crippen MR) is 172 cm³/mol. The molecule has 0 fully saturated rings. The second kappa shape index (κ2) is 11.7.